The van der Waals surface area contributed by atoms with Crippen LogP contribution in [-0.4, -0.2) is 54.4 Å². The van der Waals surface area contributed by atoms with Crippen LogP contribution in [0, 0.1) is 11.8 Å². The van der Waals surface area contributed by atoms with Crippen molar-refractivity contribution in [2.75, 3.05) is 20.3 Å². The van der Waals surface area contributed by atoms with Gasteiger partial charge in [0.05, 0.1) is 6.61 Å². The van der Waals surface area contributed by atoms with Gasteiger partial charge in [0.25, 0.3) is 0 Å². The third-order valence-electron chi connectivity index (χ3n) is 3.79. The molecule has 0 aliphatic carbocycles. The number of carbonyl (C=O) groups is 2. The Morgan fingerprint density at radius 2 is 2.05 bits per heavy atom. The van der Waals surface area contributed by atoms with Crippen LogP contribution in [0.3, 0.4) is 0 Å². The molecule has 6 heteroatoms. The summed E-state index contributed by atoms with van der Waals surface area (Å²) in [6.45, 7) is 6.85. The summed E-state index contributed by atoms with van der Waals surface area (Å²) in [6.07, 6.45) is 1.09. The van der Waals surface area contributed by atoms with E-state index >= 15 is 0 Å². The van der Waals surface area contributed by atoms with E-state index in [0.717, 1.165) is 6.42 Å². The summed E-state index contributed by atoms with van der Waals surface area (Å²) >= 11 is 0. The maximum absolute atomic E-state index is 12.2. The van der Waals surface area contributed by atoms with Gasteiger partial charge < -0.3 is 20.1 Å². The summed E-state index contributed by atoms with van der Waals surface area (Å²) in [5, 5.41) is 11.5. The molecular weight excluding hydrogens is 248 g/mol. The summed E-state index contributed by atoms with van der Waals surface area (Å²) in [5.41, 5.74) is 0. The molecule has 0 spiro atoms. The van der Waals surface area contributed by atoms with Crippen molar-refractivity contribution in [3.8, 4) is 0 Å². The van der Waals surface area contributed by atoms with Crippen LogP contribution in [0.4, 0.5) is 4.79 Å². The van der Waals surface area contributed by atoms with Crippen LogP contribution < -0.4 is 5.32 Å². The van der Waals surface area contributed by atoms with Gasteiger partial charge in [-0.2, -0.15) is 0 Å². The Morgan fingerprint density at radius 3 is 2.58 bits per heavy atom. The molecule has 2 amide bonds. The number of carbonyl (C=O) groups excluding carboxylic acids is 1. The lowest BCUT2D eigenvalue weighted by atomic mass is 9.86. The number of likely N-dealkylation sites (tertiary alicyclic amines) is 1. The highest BCUT2D eigenvalue weighted by molar-refractivity contribution is 5.82. The SMILES string of the molecule is COCC(NC(=O)N1CC(C)CC(C)C1C)C(=O)O. The number of methoxy groups -OCH3 is 1. The molecule has 4 atom stereocenters. The molecule has 1 aliphatic rings. The molecule has 0 aromatic heterocycles. The largest absolute Gasteiger partial charge is 0.480 e. The van der Waals surface area contributed by atoms with Crippen molar-refractivity contribution < 1.29 is 19.4 Å². The van der Waals surface area contributed by atoms with Crippen LogP contribution in [0.5, 0.6) is 0 Å². The predicted octanol–water partition coefficient (Wildman–Crippen LogP) is 1.16. The summed E-state index contributed by atoms with van der Waals surface area (Å²) in [5.74, 6) is -0.233. The van der Waals surface area contributed by atoms with Crippen LogP contribution in [-0.2, 0) is 9.53 Å². The number of nitrogens with one attached hydrogen (secondary N) is 1. The fourth-order valence-corrected chi connectivity index (χ4v) is 2.56. The monoisotopic (exact) mass is 272 g/mol. The average Bonchev–Trinajstić information content (AvgIpc) is 2.32. The smallest absolute Gasteiger partial charge is 0.328 e. The molecule has 110 valence electrons. The molecule has 2 N–H and O–H groups in total. The van der Waals surface area contributed by atoms with Gasteiger partial charge in [0.2, 0.25) is 0 Å². The fourth-order valence-electron chi connectivity index (χ4n) is 2.56. The van der Waals surface area contributed by atoms with E-state index in [0.29, 0.717) is 18.4 Å². The van der Waals surface area contributed by atoms with E-state index in [2.05, 4.69) is 19.2 Å². The van der Waals surface area contributed by atoms with E-state index < -0.39 is 12.0 Å². The first-order valence-corrected chi connectivity index (χ1v) is 6.65. The van der Waals surface area contributed by atoms with E-state index in [-0.39, 0.29) is 18.7 Å². The van der Waals surface area contributed by atoms with Crippen molar-refractivity contribution in [3.05, 3.63) is 0 Å². The number of hydrogen-bond donors (Lipinski definition) is 2. The highest BCUT2D eigenvalue weighted by Crippen LogP contribution is 2.26. The average molecular weight is 272 g/mol. The van der Waals surface area contributed by atoms with Crippen LogP contribution >= 0.6 is 0 Å². The Kier molecular flexibility index (Phi) is 5.60. The normalized spacial score (nSPS) is 28.8. The van der Waals surface area contributed by atoms with Crippen molar-refractivity contribution >= 4 is 12.0 Å². The molecule has 0 aromatic carbocycles. The zero-order chi connectivity index (χ0) is 14.6. The standard InChI is InChI=1S/C13H24N2O4/c1-8-5-9(2)10(3)15(6-8)13(18)14-11(7-19-4)12(16)17/h8-11H,5-7H2,1-4H3,(H,14,18)(H,16,17). The van der Waals surface area contributed by atoms with Gasteiger partial charge in [0.15, 0.2) is 6.04 Å². The van der Waals surface area contributed by atoms with Gasteiger partial charge in [-0.1, -0.05) is 13.8 Å². The Morgan fingerprint density at radius 1 is 1.42 bits per heavy atom. The number of aliphatic carboxylic acids is 1. The van der Waals surface area contributed by atoms with Gasteiger partial charge in [0.1, 0.15) is 0 Å². The molecule has 1 heterocycles. The first kappa shape index (κ1) is 15.8. The lowest BCUT2D eigenvalue weighted by Crippen LogP contribution is -2.56. The van der Waals surface area contributed by atoms with Crippen LogP contribution in [0.25, 0.3) is 0 Å². The summed E-state index contributed by atoms with van der Waals surface area (Å²) in [4.78, 5) is 24.9. The Balaban J connectivity index is 2.67. The van der Waals surface area contributed by atoms with E-state index in [1.54, 1.807) is 4.90 Å². The second kappa shape index (κ2) is 6.75. The topological polar surface area (TPSA) is 78.9 Å². The van der Waals surface area contributed by atoms with Crippen molar-refractivity contribution in [1.29, 1.82) is 0 Å². The Labute approximate surface area is 114 Å². The zero-order valence-corrected chi connectivity index (χ0v) is 12.0. The molecule has 0 aromatic rings. The first-order valence-electron chi connectivity index (χ1n) is 6.65. The number of piperidine rings is 1. The molecule has 1 rings (SSSR count). The van der Waals surface area contributed by atoms with Crippen LogP contribution in [0.2, 0.25) is 0 Å². The first-order chi connectivity index (χ1) is 8.86. The Bertz CT molecular complexity index is 335. The number of urea groups is 1. The number of carboxylic acids is 1. The summed E-state index contributed by atoms with van der Waals surface area (Å²) in [6, 6.07) is -1.21. The van der Waals surface area contributed by atoms with Crippen LogP contribution in [0.1, 0.15) is 27.2 Å². The van der Waals surface area contributed by atoms with Crippen molar-refractivity contribution in [2.45, 2.75) is 39.3 Å². The minimum absolute atomic E-state index is 0.0333. The van der Waals surface area contributed by atoms with E-state index in [9.17, 15) is 9.59 Å². The second-order valence-electron chi connectivity index (χ2n) is 5.51. The predicted molar refractivity (Wildman–Crippen MR) is 70.9 cm³/mol. The van der Waals surface area contributed by atoms with E-state index in [1.165, 1.54) is 7.11 Å². The number of rotatable bonds is 4. The number of hydrogen-bond acceptors (Lipinski definition) is 3. The molecule has 4 unspecified atom stereocenters. The van der Waals surface area contributed by atoms with Gasteiger partial charge in [-0.3, -0.25) is 0 Å². The van der Waals surface area contributed by atoms with Gasteiger partial charge in [0, 0.05) is 19.7 Å². The van der Waals surface area contributed by atoms with Gasteiger partial charge >= 0.3 is 12.0 Å². The maximum Gasteiger partial charge on any atom is 0.328 e. The molecular formula is C13H24N2O4. The van der Waals surface area contributed by atoms with Crippen molar-refractivity contribution in [3.63, 3.8) is 0 Å². The lowest BCUT2D eigenvalue weighted by Gasteiger charge is -2.41. The minimum atomic E-state index is -1.08. The minimum Gasteiger partial charge on any atom is -0.480 e. The molecule has 0 bridgehead atoms. The van der Waals surface area contributed by atoms with Gasteiger partial charge in [-0.25, -0.2) is 9.59 Å². The molecule has 0 saturated carbocycles. The molecule has 19 heavy (non-hydrogen) atoms. The maximum atomic E-state index is 12.2. The number of carboxylic acid groups (broad SMARTS) is 1. The second-order valence-corrected chi connectivity index (χ2v) is 5.51. The van der Waals surface area contributed by atoms with Gasteiger partial charge in [-0.05, 0) is 25.2 Å². The Hall–Kier alpha value is -1.30. The van der Waals surface area contributed by atoms with Crippen molar-refractivity contribution in [1.82, 2.24) is 10.2 Å². The lowest BCUT2D eigenvalue weighted by molar-refractivity contribution is -0.140. The van der Waals surface area contributed by atoms with Crippen molar-refractivity contribution in [2.24, 2.45) is 11.8 Å². The van der Waals surface area contributed by atoms with E-state index in [4.69, 9.17) is 9.84 Å². The van der Waals surface area contributed by atoms with Gasteiger partial charge in [-0.15, -0.1) is 0 Å². The summed E-state index contributed by atoms with van der Waals surface area (Å²) in [7, 11) is 1.41. The quantitative estimate of drug-likeness (QED) is 0.805. The fraction of sp³-hybridized carbons (Fsp3) is 0.846. The number of ether oxygens (including phenoxy) is 1. The van der Waals surface area contributed by atoms with E-state index in [1.807, 2.05) is 6.92 Å². The number of amides is 2. The molecule has 1 fully saturated rings. The van der Waals surface area contributed by atoms with Crippen LogP contribution in [0.15, 0.2) is 0 Å². The molecule has 0 radical (unpaired) electrons. The molecule has 1 aliphatic heterocycles. The molecule has 6 nitrogen and oxygen atoms in total. The third-order valence-corrected chi connectivity index (χ3v) is 3.79. The summed E-state index contributed by atoms with van der Waals surface area (Å²) < 4.78 is 4.81. The molecule has 1 saturated heterocycles. The third kappa shape index (κ3) is 4.09. The zero-order valence-electron chi connectivity index (χ0n) is 12.0. The number of nitrogens with zero attached hydrogens (tertiary/aromatic N) is 1. The highest BCUT2D eigenvalue weighted by Gasteiger charge is 2.33. The highest BCUT2D eigenvalue weighted by atomic mass is 16.5.